The first-order valence-corrected chi connectivity index (χ1v) is 8.86. The van der Waals surface area contributed by atoms with Gasteiger partial charge >= 0.3 is 0 Å². The fraction of sp³-hybridized carbons (Fsp3) is 0.250. The van der Waals surface area contributed by atoms with E-state index in [1.165, 1.54) is 12.1 Å². The van der Waals surface area contributed by atoms with E-state index in [1.807, 2.05) is 24.3 Å². The molecule has 6 heteroatoms. The molecule has 0 saturated carbocycles. The van der Waals surface area contributed by atoms with E-state index in [9.17, 15) is 9.18 Å². The predicted molar refractivity (Wildman–Crippen MR) is 99.7 cm³/mol. The predicted octanol–water partition coefficient (Wildman–Crippen LogP) is 1.34. The third kappa shape index (κ3) is 4.28. The van der Waals surface area contributed by atoms with Crippen LogP contribution in [0, 0.1) is 5.82 Å². The molecule has 8 N–H and O–H groups in total. The van der Waals surface area contributed by atoms with Gasteiger partial charge in [0.2, 0.25) is 0 Å². The molecule has 1 heterocycles. The molecule has 1 amide bonds. The summed E-state index contributed by atoms with van der Waals surface area (Å²) < 4.78 is 13.1. The number of nitrogens with one attached hydrogen (secondary N) is 2. The van der Waals surface area contributed by atoms with Crippen molar-refractivity contribution in [1.29, 1.82) is 0 Å². The summed E-state index contributed by atoms with van der Waals surface area (Å²) >= 11 is 0. The van der Waals surface area contributed by atoms with Gasteiger partial charge in [0, 0.05) is 23.7 Å². The number of carbonyl (C=O) groups excluding carboxylic acids is 1. The highest BCUT2D eigenvalue weighted by Crippen LogP contribution is 2.25. The maximum Gasteiger partial charge on any atom is 0.267 e. The Hall–Kier alpha value is -2.70. The van der Waals surface area contributed by atoms with Crippen molar-refractivity contribution in [1.82, 2.24) is 10.3 Å². The summed E-state index contributed by atoms with van der Waals surface area (Å²) in [5.74, 6) is -0.387. The van der Waals surface area contributed by atoms with Crippen LogP contribution in [0.15, 0.2) is 48.5 Å². The lowest BCUT2D eigenvalue weighted by Crippen LogP contribution is -2.65. The summed E-state index contributed by atoms with van der Waals surface area (Å²) in [6.07, 6.45) is 1.97. The second-order valence-corrected chi connectivity index (χ2v) is 6.56. The van der Waals surface area contributed by atoms with E-state index in [0.717, 1.165) is 41.4 Å². The molecule has 136 valence electrons. The summed E-state index contributed by atoms with van der Waals surface area (Å²) in [7, 11) is 0. The van der Waals surface area contributed by atoms with Gasteiger partial charge in [0.25, 0.3) is 5.91 Å². The number of halogens is 1. The molecule has 0 bridgehead atoms. The van der Waals surface area contributed by atoms with Crippen molar-refractivity contribution in [2.24, 2.45) is 0 Å². The lowest BCUT2D eigenvalue weighted by molar-refractivity contribution is -0.423. The van der Waals surface area contributed by atoms with Gasteiger partial charge in [-0.05, 0) is 41.5 Å². The number of amides is 1. The van der Waals surface area contributed by atoms with Crippen LogP contribution in [0.1, 0.15) is 23.3 Å². The summed E-state index contributed by atoms with van der Waals surface area (Å²) in [6, 6.07) is 14.3. The lowest BCUT2D eigenvalue weighted by atomic mass is 10.0. The van der Waals surface area contributed by atoms with Crippen LogP contribution in [0.2, 0.25) is 0 Å². The number of quaternary nitrogens is 2. The van der Waals surface area contributed by atoms with Crippen LogP contribution < -0.4 is 16.8 Å². The van der Waals surface area contributed by atoms with E-state index < -0.39 is 0 Å². The molecule has 26 heavy (non-hydrogen) atoms. The maximum absolute atomic E-state index is 13.1. The average molecular weight is 356 g/mol. The highest BCUT2D eigenvalue weighted by molar-refractivity contribution is 5.98. The van der Waals surface area contributed by atoms with Crippen molar-refractivity contribution in [3.05, 3.63) is 60.0 Å². The van der Waals surface area contributed by atoms with E-state index in [-0.39, 0.29) is 17.8 Å². The summed E-state index contributed by atoms with van der Waals surface area (Å²) in [5, 5.41) is 3.87. The van der Waals surface area contributed by atoms with E-state index in [0.29, 0.717) is 12.2 Å². The number of fused-ring (bicyclic) bond motifs is 1. The standard InChI is InChI=1S/C20H23FN4O/c21-16-6-3-13(4-7-16)14-5-8-18-15(10-14)11-19(25-18)20(26)24-12-17(23)2-1-9-22/h3-8,10-11,17,25H,1-2,9,12,22-23H2,(H,24,26)/p+2/t17-/m0/s1. The molecule has 0 fully saturated rings. The van der Waals surface area contributed by atoms with Crippen molar-refractivity contribution >= 4 is 16.8 Å². The fourth-order valence-electron chi connectivity index (χ4n) is 2.94. The SMILES string of the molecule is [NH3+]CCC[C@H]([NH3+])CNC(=O)c1cc2cc(-c3ccc(F)cc3)ccc2[nH]1. The number of hydrogen-bond donors (Lipinski definition) is 4. The molecular weight excluding hydrogens is 331 g/mol. The minimum absolute atomic E-state index is 0.132. The first kappa shape index (κ1) is 18.1. The third-order valence-electron chi connectivity index (χ3n) is 4.46. The number of rotatable bonds is 7. The first-order chi connectivity index (χ1) is 12.6. The Morgan fingerprint density at radius 1 is 1.12 bits per heavy atom. The van der Waals surface area contributed by atoms with E-state index in [1.54, 1.807) is 12.1 Å². The Balaban J connectivity index is 1.72. The second-order valence-electron chi connectivity index (χ2n) is 6.56. The Morgan fingerprint density at radius 2 is 1.85 bits per heavy atom. The Morgan fingerprint density at radius 3 is 2.58 bits per heavy atom. The Kier molecular flexibility index (Phi) is 5.65. The first-order valence-electron chi connectivity index (χ1n) is 8.86. The quantitative estimate of drug-likeness (QED) is 0.504. The lowest BCUT2D eigenvalue weighted by Gasteiger charge is -2.08. The zero-order valence-corrected chi connectivity index (χ0v) is 14.7. The topological polar surface area (TPSA) is 100 Å². The number of aromatic amines is 1. The molecule has 1 aromatic heterocycles. The van der Waals surface area contributed by atoms with E-state index in [2.05, 4.69) is 21.8 Å². The molecule has 0 unspecified atom stereocenters. The van der Waals surface area contributed by atoms with Gasteiger partial charge < -0.3 is 21.8 Å². The minimum Gasteiger partial charge on any atom is -0.358 e. The molecular formula is C20H25FN4O+2. The van der Waals surface area contributed by atoms with Gasteiger partial charge in [-0.15, -0.1) is 0 Å². The monoisotopic (exact) mass is 356 g/mol. The van der Waals surface area contributed by atoms with Crippen LogP contribution in [0.25, 0.3) is 22.0 Å². The Labute approximate surface area is 151 Å². The molecule has 5 nitrogen and oxygen atoms in total. The molecule has 0 aliphatic rings. The van der Waals surface area contributed by atoms with Crippen LogP contribution >= 0.6 is 0 Å². The summed E-state index contributed by atoms with van der Waals surface area (Å²) in [6.45, 7) is 1.44. The minimum atomic E-state index is -0.255. The number of carbonyl (C=O) groups is 1. The van der Waals surface area contributed by atoms with Gasteiger partial charge in [-0.2, -0.15) is 0 Å². The largest absolute Gasteiger partial charge is 0.358 e. The maximum atomic E-state index is 13.1. The van der Waals surface area contributed by atoms with Gasteiger partial charge in [0.15, 0.2) is 0 Å². The molecule has 0 radical (unpaired) electrons. The van der Waals surface area contributed by atoms with Crippen LogP contribution in [0.5, 0.6) is 0 Å². The van der Waals surface area contributed by atoms with Crippen molar-refractivity contribution < 1.29 is 20.7 Å². The highest BCUT2D eigenvalue weighted by Gasteiger charge is 2.13. The van der Waals surface area contributed by atoms with Crippen LogP contribution in [-0.2, 0) is 0 Å². The van der Waals surface area contributed by atoms with Gasteiger partial charge in [-0.1, -0.05) is 18.2 Å². The van der Waals surface area contributed by atoms with Gasteiger partial charge in [0.05, 0.1) is 13.1 Å². The average Bonchev–Trinajstić information content (AvgIpc) is 3.08. The van der Waals surface area contributed by atoms with Crippen molar-refractivity contribution in [2.75, 3.05) is 13.1 Å². The number of aromatic nitrogens is 1. The fourth-order valence-corrected chi connectivity index (χ4v) is 2.94. The zero-order valence-electron chi connectivity index (χ0n) is 14.7. The molecule has 0 spiro atoms. The van der Waals surface area contributed by atoms with Gasteiger partial charge in [0.1, 0.15) is 17.6 Å². The second kappa shape index (κ2) is 8.12. The van der Waals surface area contributed by atoms with E-state index >= 15 is 0 Å². The molecule has 0 saturated heterocycles. The normalized spacial score (nSPS) is 12.3. The van der Waals surface area contributed by atoms with Crippen LogP contribution in [0.4, 0.5) is 4.39 Å². The van der Waals surface area contributed by atoms with Gasteiger partial charge in [-0.3, -0.25) is 4.79 Å². The summed E-state index contributed by atoms with van der Waals surface area (Å²) in [5.41, 5.74) is 11.2. The molecule has 3 aromatic rings. The highest BCUT2D eigenvalue weighted by atomic mass is 19.1. The van der Waals surface area contributed by atoms with Crippen molar-refractivity contribution in [3.63, 3.8) is 0 Å². The Bertz CT molecular complexity index is 888. The number of benzene rings is 2. The molecule has 2 aromatic carbocycles. The molecule has 0 aliphatic carbocycles. The van der Waals surface area contributed by atoms with Crippen LogP contribution in [-0.4, -0.2) is 30.0 Å². The third-order valence-corrected chi connectivity index (χ3v) is 4.46. The molecule has 3 rings (SSSR count). The zero-order chi connectivity index (χ0) is 18.5. The summed E-state index contributed by atoms with van der Waals surface area (Å²) in [4.78, 5) is 15.5. The van der Waals surface area contributed by atoms with Crippen molar-refractivity contribution in [3.8, 4) is 11.1 Å². The smallest absolute Gasteiger partial charge is 0.267 e. The number of hydrogen-bond acceptors (Lipinski definition) is 1. The molecule has 0 aliphatic heterocycles. The van der Waals surface area contributed by atoms with Crippen LogP contribution in [0.3, 0.4) is 0 Å². The van der Waals surface area contributed by atoms with E-state index in [4.69, 9.17) is 0 Å². The van der Waals surface area contributed by atoms with Gasteiger partial charge in [-0.25, -0.2) is 4.39 Å². The number of H-pyrrole nitrogens is 1. The molecule has 1 atom stereocenters. The van der Waals surface area contributed by atoms with Crippen molar-refractivity contribution in [2.45, 2.75) is 18.9 Å².